The summed E-state index contributed by atoms with van der Waals surface area (Å²) in [7, 11) is -4.15. The number of unbranched alkanes of at least 4 members (excludes halogenated alkanes) is 1. The lowest BCUT2D eigenvalue weighted by Gasteiger charge is -2.11. The molecule has 1 aromatic carbocycles. The van der Waals surface area contributed by atoms with Gasteiger partial charge in [0.25, 0.3) is 10.0 Å². The molecule has 0 spiro atoms. The van der Waals surface area contributed by atoms with Gasteiger partial charge in [0.05, 0.1) is 11.6 Å². The lowest BCUT2D eigenvalue weighted by atomic mass is 10.1. The normalized spacial score (nSPS) is 12.5. The summed E-state index contributed by atoms with van der Waals surface area (Å²) >= 11 is 1.06. The van der Waals surface area contributed by atoms with Crippen LogP contribution in [0.5, 0.6) is 0 Å². The Morgan fingerprint density at radius 3 is 2.62 bits per heavy atom. The summed E-state index contributed by atoms with van der Waals surface area (Å²) in [6.45, 7) is 6.26. The Morgan fingerprint density at radius 2 is 1.97 bits per heavy atom. The van der Waals surface area contributed by atoms with Crippen molar-refractivity contribution in [1.82, 2.24) is 19.3 Å². The van der Waals surface area contributed by atoms with Crippen LogP contribution < -0.4 is 4.72 Å². The van der Waals surface area contributed by atoms with Gasteiger partial charge in [-0.1, -0.05) is 44.5 Å². The fourth-order valence-corrected chi connectivity index (χ4v) is 5.87. The van der Waals surface area contributed by atoms with Crippen LogP contribution in [-0.4, -0.2) is 40.8 Å². The summed E-state index contributed by atoms with van der Waals surface area (Å²) in [5.41, 5.74) is 1.89. The molecule has 1 unspecified atom stereocenters. The molecule has 184 valence electrons. The van der Waals surface area contributed by atoms with Crippen molar-refractivity contribution in [2.24, 2.45) is 0 Å². The van der Waals surface area contributed by atoms with Crippen molar-refractivity contribution in [2.45, 2.75) is 63.3 Å². The minimum Gasteiger partial charge on any atom is -0.449 e. The fraction of sp³-hybridized carbons (Fsp3) is 0.435. The van der Waals surface area contributed by atoms with Gasteiger partial charge in [0.1, 0.15) is 17.6 Å². The van der Waals surface area contributed by atoms with E-state index in [1.54, 1.807) is 31.5 Å². The second-order valence-electron chi connectivity index (χ2n) is 7.87. The van der Waals surface area contributed by atoms with Gasteiger partial charge in [0, 0.05) is 24.5 Å². The van der Waals surface area contributed by atoms with Crippen LogP contribution in [-0.2, 0) is 27.7 Å². The SMILES string of the molecule is CCCCOC(=O)NS(=O)(=O)c1sc(CCC)nc1-c1ccc(Cn2ccnc2C(C)O)cc1. The first kappa shape index (κ1) is 25.9. The van der Waals surface area contributed by atoms with Gasteiger partial charge in [-0.15, -0.1) is 11.3 Å². The third-order valence-electron chi connectivity index (χ3n) is 5.00. The predicted molar refractivity (Wildman–Crippen MR) is 130 cm³/mol. The molecule has 34 heavy (non-hydrogen) atoms. The number of hydrogen-bond donors (Lipinski definition) is 2. The molecule has 0 radical (unpaired) electrons. The smallest absolute Gasteiger partial charge is 0.421 e. The number of ether oxygens (including phenoxy) is 1. The third-order valence-corrected chi connectivity index (χ3v) is 7.93. The Balaban J connectivity index is 1.86. The average molecular weight is 507 g/mol. The monoisotopic (exact) mass is 506 g/mol. The lowest BCUT2D eigenvalue weighted by molar-refractivity contribution is 0.151. The third kappa shape index (κ3) is 6.43. The van der Waals surface area contributed by atoms with Gasteiger partial charge in [-0.2, -0.15) is 0 Å². The van der Waals surface area contributed by atoms with E-state index in [9.17, 15) is 18.3 Å². The van der Waals surface area contributed by atoms with E-state index in [2.05, 4.69) is 9.97 Å². The second kappa shape index (κ2) is 11.6. The Kier molecular flexibility index (Phi) is 8.81. The van der Waals surface area contributed by atoms with Crippen molar-refractivity contribution in [1.29, 1.82) is 0 Å². The van der Waals surface area contributed by atoms with Crippen LogP contribution in [0.15, 0.2) is 40.9 Å². The first-order valence-corrected chi connectivity index (χ1v) is 13.5. The van der Waals surface area contributed by atoms with E-state index in [-0.39, 0.29) is 10.8 Å². The van der Waals surface area contributed by atoms with Gasteiger partial charge in [-0.3, -0.25) is 0 Å². The largest absolute Gasteiger partial charge is 0.449 e. The molecular weight excluding hydrogens is 476 g/mol. The highest BCUT2D eigenvalue weighted by atomic mass is 32.2. The summed E-state index contributed by atoms with van der Waals surface area (Å²) in [5.74, 6) is 0.568. The van der Waals surface area contributed by atoms with E-state index in [1.165, 1.54) is 0 Å². The number of benzene rings is 1. The average Bonchev–Trinajstić information content (AvgIpc) is 3.42. The van der Waals surface area contributed by atoms with Gasteiger partial charge in [0.2, 0.25) is 0 Å². The predicted octanol–water partition coefficient (Wildman–Crippen LogP) is 4.28. The number of rotatable bonds is 11. The molecule has 3 aromatic rings. The molecule has 0 fully saturated rings. The van der Waals surface area contributed by atoms with Crippen molar-refractivity contribution in [3.63, 3.8) is 0 Å². The Labute approximate surface area is 203 Å². The van der Waals surface area contributed by atoms with Crippen LogP contribution in [0, 0.1) is 0 Å². The number of imidazole rings is 1. The fourth-order valence-electron chi connectivity index (χ4n) is 3.32. The van der Waals surface area contributed by atoms with Gasteiger partial charge in [-0.25, -0.2) is 27.9 Å². The lowest BCUT2D eigenvalue weighted by Crippen LogP contribution is -2.31. The van der Waals surface area contributed by atoms with Crippen LogP contribution in [0.25, 0.3) is 11.3 Å². The van der Waals surface area contributed by atoms with Crippen molar-refractivity contribution in [3.05, 3.63) is 53.1 Å². The van der Waals surface area contributed by atoms with Crippen LogP contribution >= 0.6 is 11.3 Å². The van der Waals surface area contributed by atoms with Crippen LogP contribution in [0.2, 0.25) is 0 Å². The molecule has 0 bridgehead atoms. The van der Waals surface area contributed by atoms with Crippen LogP contribution in [0.3, 0.4) is 0 Å². The molecule has 0 saturated carbocycles. The maximum absolute atomic E-state index is 13.0. The molecule has 0 aliphatic rings. The number of aromatic nitrogens is 3. The maximum atomic E-state index is 13.0. The number of nitrogens with zero attached hydrogens (tertiary/aromatic N) is 3. The molecule has 0 saturated heterocycles. The number of aryl methyl sites for hydroxylation is 1. The first-order chi connectivity index (χ1) is 16.2. The summed E-state index contributed by atoms with van der Waals surface area (Å²) < 4.78 is 34.8. The maximum Gasteiger partial charge on any atom is 0.421 e. The van der Waals surface area contributed by atoms with Crippen molar-refractivity contribution in [3.8, 4) is 11.3 Å². The zero-order valence-corrected chi connectivity index (χ0v) is 21.2. The van der Waals surface area contributed by atoms with Gasteiger partial charge in [0.15, 0.2) is 4.21 Å². The second-order valence-corrected chi connectivity index (χ2v) is 10.8. The van der Waals surface area contributed by atoms with Gasteiger partial charge < -0.3 is 14.4 Å². The standard InChI is InChI=1S/C23H30N4O5S2/c1-4-6-14-32-23(29)26-34(30,31)22-20(25-19(33-22)7-5-2)18-10-8-17(9-11-18)15-27-13-12-24-21(27)16(3)28/h8-13,16,28H,4-7,14-15H2,1-3H3,(H,26,29). The topological polar surface area (TPSA) is 123 Å². The first-order valence-electron chi connectivity index (χ1n) is 11.2. The molecule has 11 heteroatoms. The molecule has 2 aromatic heterocycles. The Bertz CT molecular complexity index is 1200. The summed E-state index contributed by atoms with van der Waals surface area (Å²) in [5, 5.41) is 10.5. The van der Waals surface area contributed by atoms with E-state index in [4.69, 9.17) is 4.74 Å². The molecule has 0 aliphatic carbocycles. The molecule has 2 heterocycles. The number of carbonyl (C=O) groups excluding carboxylic acids is 1. The molecule has 3 rings (SSSR count). The van der Waals surface area contributed by atoms with Gasteiger partial charge in [-0.05, 0) is 31.7 Å². The van der Waals surface area contributed by atoms with Crippen molar-refractivity contribution < 1.29 is 23.1 Å². The molecule has 1 amide bonds. The van der Waals surface area contributed by atoms with E-state index in [0.717, 1.165) is 29.7 Å². The molecule has 1 atom stereocenters. The van der Waals surface area contributed by atoms with E-state index < -0.39 is 22.2 Å². The minimum atomic E-state index is -4.15. The minimum absolute atomic E-state index is 0.0119. The summed E-state index contributed by atoms with van der Waals surface area (Å²) in [6, 6.07) is 7.36. The van der Waals surface area contributed by atoms with Crippen LogP contribution in [0.4, 0.5) is 4.79 Å². The Morgan fingerprint density at radius 1 is 1.24 bits per heavy atom. The quantitative estimate of drug-likeness (QED) is 0.372. The van der Waals surface area contributed by atoms with E-state index in [0.29, 0.717) is 41.5 Å². The molecule has 9 nitrogen and oxygen atoms in total. The van der Waals surface area contributed by atoms with E-state index in [1.807, 2.05) is 35.3 Å². The molecule has 2 N–H and O–H groups in total. The Hall–Kier alpha value is -2.76. The molecule has 0 aliphatic heterocycles. The number of sulfonamides is 1. The number of nitrogens with one attached hydrogen (secondary N) is 1. The molecular formula is C23H30N4O5S2. The highest BCUT2D eigenvalue weighted by Gasteiger charge is 2.27. The van der Waals surface area contributed by atoms with Gasteiger partial charge >= 0.3 is 6.09 Å². The van der Waals surface area contributed by atoms with E-state index >= 15 is 0 Å². The number of aliphatic hydroxyl groups is 1. The number of carbonyl (C=O) groups is 1. The van der Waals surface area contributed by atoms with Crippen molar-refractivity contribution >= 4 is 27.5 Å². The zero-order valence-electron chi connectivity index (χ0n) is 19.5. The summed E-state index contributed by atoms with van der Waals surface area (Å²) in [6.07, 6.45) is 4.69. The number of thiazole rings is 1. The highest BCUT2D eigenvalue weighted by molar-refractivity contribution is 7.92. The zero-order chi connectivity index (χ0) is 24.7. The summed E-state index contributed by atoms with van der Waals surface area (Å²) in [4.78, 5) is 20.7. The highest BCUT2D eigenvalue weighted by Crippen LogP contribution is 2.33. The number of hydrogen-bond acceptors (Lipinski definition) is 8. The van der Waals surface area contributed by atoms with Crippen LogP contribution in [0.1, 0.15) is 62.5 Å². The van der Waals surface area contributed by atoms with Crippen molar-refractivity contribution in [2.75, 3.05) is 6.61 Å². The number of aliphatic hydroxyl groups excluding tert-OH is 1. The number of amides is 1.